The molecule has 0 aliphatic heterocycles. The average molecular weight is 246 g/mol. The minimum Gasteiger partial charge on any atom is -0.497 e. The number of carbonyl (C=O) groups excluding carboxylic acids is 1. The Morgan fingerprint density at radius 2 is 1.94 bits per heavy atom. The van der Waals surface area contributed by atoms with Crippen molar-refractivity contribution in [1.82, 2.24) is 0 Å². The van der Waals surface area contributed by atoms with Crippen LogP contribution in [0.5, 0.6) is 5.75 Å². The molecular formula is C11H16ClNO3. The normalized spacial score (nSPS) is 11.2. The van der Waals surface area contributed by atoms with Crippen LogP contribution in [0.1, 0.15) is 18.5 Å². The van der Waals surface area contributed by atoms with Gasteiger partial charge in [-0.05, 0) is 24.6 Å². The molecule has 1 rings (SSSR count). The van der Waals surface area contributed by atoms with Crippen molar-refractivity contribution in [2.24, 2.45) is 5.73 Å². The molecule has 0 bridgehead atoms. The zero-order valence-corrected chi connectivity index (χ0v) is 10.1. The number of ether oxygens (including phenoxy) is 2. The Bertz CT molecular complexity index is 327. The maximum absolute atomic E-state index is 11.3. The quantitative estimate of drug-likeness (QED) is 0.820. The van der Waals surface area contributed by atoms with Crippen LogP contribution in [0.4, 0.5) is 0 Å². The maximum atomic E-state index is 11.3. The fourth-order valence-corrected chi connectivity index (χ4v) is 1.18. The van der Waals surface area contributed by atoms with E-state index in [1.54, 1.807) is 38.3 Å². The molecule has 5 heteroatoms. The van der Waals surface area contributed by atoms with Crippen LogP contribution in [0.25, 0.3) is 0 Å². The van der Waals surface area contributed by atoms with E-state index in [2.05, 4.69) is 0 Å². The van der Waals surface area contributed by atoms with Crippen LogP contribution in [0.2, 0.25) is 0 Å². The Morgan fingerprint density at radius 3 is 2.38 bits per heavy atom. The summed E-state index contributed by atoms with van der Waals surface area (Å²) in [6.07, 6.45) is 0. The van der Waals surface area contributed by atoms with Crippen LogP contribution in [0.3, 0.4) is 0 Å². The smallest absolute Gasteiger partial charge is 0.327 e. The van der Waals surface area contributed by atoms with Gasteiger partial charge in [0.2, 0.25) is 0 Å². The number of methoxy groups -OCH3 is 1. The van der Waals surface area contributed by atoms with Crippen LogP contribution in [0, 0.1) is 0 Å². The first-order valence-electron chi connectivity index (χ1n) is 4.75. The molecule has 0 amide bonds. The SMILES string of the molecule is CCOC(=O)C(N)c1ccc(OC)cc1.Cl. The van der Waals surface area contributed by atoms with Gasteiger partial charge in [0.1, 0.15) is 11.8 Å². The summed E-state index contributed by atoms with van der Waals surface area (Å²) in [5, 5.41) is 0. The van der Waals surface area contributed by atoms with Gasteiger partial charge < -0.3 is 15.2 Å². The molecule has 1 unspecified atom stereocenters. The summed E-state index contributed by atoms with van der Waals surface area (Å²) in [7, 11) is 1.58. The molecule has 1 atom stereocenters. The lowest BCUT2D eigenvalue weighted by atomic mass is 10.1. The van der Waals surface area contributed by atoms with Gasteiger partial charge in [-0.1, -0.05) is 12.1 Å². The summed E-state index contributed by atoms with van der Waals surface area (Å²) in [6, 6.07) is 6.29. The Hall–Kier alpha value is -1.26. The number of nitrogens with two attached hydrogens (primary N) is 1. The highest BCUT2D eigenvalue weighted by atomic mass is 35.5. The first-order chi connectivity index (χ1) is 7.19. The van der Waals surface area contributed by atoms with Crippen LogP contribution in [-0.4, -0.2) is 19.7 Å². The van der Waals surface area contributed by atoms with Crippen LogP contribution >= 0.6 is 12.4 Å². The Balaban J connectivity index is 0.00000225. The molecule has 0 aliphatic rings. The van der Waals surface area contributed by atoms with E-state index in [1.807, 2.05) is 0 Å². The minimum atomic E-state index is -0.726. The molecule has 16 heavy (non-hydrogen) atoms. The molecule has 0 heterocycles. The Kier molecular flexibility index (Phi) is 6.53. The van der Waals surface area contributed by atoms with Crippen LogP contribution in [0.15, 0.2) is 24.3 Å². The molecule has 0 spiro atoms. The van der Waals surface area contributed by atoms with Crippen molar-refractivity contribution in [2.75, 3.05) is 13.7 Å². The minimum absolute atomic E-state index is 0. The number of hydrogen-bond donors (Lipinski definition) is 1. The fourth-order valence-electron chi connectivity index (χ4n) is 1.18. The van der Waals surface area contributed by atoms with Crippen molar-refractivity contribution in [2.45, 2.75) is 13.0 Å². The molecule has 0 aromatic heterocycles. The highest BCUT2D eigenvalue weighted by molar-refractivity contribution is 5.85. The zero-order chi connectivity index (χ0) is 11.3. The van der Waals surface area contributed by atoms with Gasteiger partial charge in [-0.2, -0.15) is 0 Å². The van der Waals surface area contributed by atoms with Gasteiger partial charge in [-0.15, -0.1) is 12.4 Å². The third-order valence-electron chi connectivity index (χ3n) is 2.02. The van der Waals surface area contributed by atoms with Crippen molar-refractivity contribution in [1.29, 1.82) is 0 Å². The molecule has 0 saturated heterocycles. The van der Waals surface area contributed by atoms with Crippen molar-refractivity contribution >= 4 is 18.4 Å². The van der Waals surface area contributed by atoms with Gasteiger partial charge in [0.25, 0.3) is 0 Å². The second-order valence-corrected chi connectivity index (χ2v) is 3.00. The van der Waals surface area contributed by atoms with Gasteiger partial charge in [0.05, 0.1) is 13.7 Å². The molecule has 4 nitrogen and oxygen atoms in total. The van der Waals surface area contributed by atoms with Gasteiger partial charge in [0.15, 0.2) is 0 Å². The highest BCUT2D eigenvalue weighted by Crippen LogP contribution is 2.16. The topological polar surface area (TPSA) is 61.5 Å². The highest BCUT2D eigenvalue weighted by Gasteiger charge is 2.16. The molecule has 0 aliphatic carbocycles. The van der Waals surface area contributed by atoms with Crippen molar-refractivity contribution < 1.29 is 14.3 Å². The largest absolute Gasteiger partial charge is 0.497 e. The maximum Gasteiger partial charge on any atom is 0.327 e. The van der Waals surface area contributed by atoms with E-state index in [0.717, 1.165) is 5.75 Å². The third-order valence-corrected chi connectivity index (χ3v) is 2.02. The van der Waals surface area contributed by atoms with E-state index in [4.69, 9.17) is 15.2 Å². The van der Waals surface area contributed by atoms with Crippen LogP contribution in [-0.2, 0) is 9.53 Å². The molecule has 0 saturated carbocycles. The molecule has 90 valence electrons. The van der Waals surface area contributed by atoms with E-state index < -0.39 is 12.0 Å². The average Bonchev–Trinajstić information content (AvgIpc) is 2.28. The van der Waals surface area contributed by atoms with E-state index >= 15 is 0 Å². The number of benzene rings is 1. The summed E-state index contributed by atoms with van der Waals surface area (Å²) in [5.41, 5.74) is 6.42. The van der Waals surface area contributed by atoms with Crippen LogP contribution < -0.4 is 10.5 Å². The van der Waals surface area contributed by atoms with E-state index in [9.17, 15) is 4.79 Å². The molecule has 0 fully saturated rings. The summed E-state index contributed by atoms with van der Waals surface area (Å²) in [5.74, 6) is 0.317. The first kappa shape index (κ1) is 14.7. The van der Waals surface area contributed by atoms with E-state index in [-0.39, 0.29) is 12.4 Å². The number of hydrogen-bond acceptors (Lipinski definition) is 4. The van der Waals surface area contributed by atoms with E-state index in [1.165, 1.54) is 0 Å². The Labute approximate surface area is 101 Å². The number of esters is 1. The van der Waals surface area contributed by atoms with Crippen molar-refractivity contribution in [3.8, 4) is 5.75 Å². The lowest BCUT2D eigenvalue weighted by Gasteiger charge is -2.11. The Morgan fingerprint density at radius 1 is 1.38 bits per heavy atom. The van der Waals surface area contributed by atoms with Crippen molar-refractivity contribution in [3.63, 3.8) is 0 Å². The van der Waals surface area contributed by atoms with E-state index in [0.29, 0.717) is 12.2 Å². The number of carbonyl (C=O) groups is 1. The summed E-state index contributed by atoms with van der Waals surface area (Å²) in [4.78, 5) is 11.3. The van der Waals surface area contributed by atoms with Gasteiger partial charge in [-0.25, -0.2) is 4.79 Å². The molecule has 1 aromatic rings. The van der Waals surface area contributed by atoms with Gasteiger partial charge in [0, 0.05) is 0 Å². The summed E-state index contributed by atoms with van der Waals surface area (Å²) in [6.45, 7) is 2.08. The summed E-state index contributed by atoms with van der Waals surface area (Å²) >= 11 is 0. The standard InChI is InChI=1S/C11H15NO3.ClH/c1-3-15-11(13)10(12)8-4-6-9(14-2)7-5-8;/h4-7,10H,3,12H2,1-2H3;1H. The van der Waals surface area contributed by atoms with Gasteiger partial charge in [-0.3, -0.25) is 0 Å². The lowest BCUT2D eigenvalue weighted by molar-refractivity contribution is -0.144. The molecule has 2 N–H and O–H groups in total. The molecule has 1 aromatic carbocycles. The number of rotatable bonds is 4. The predicted octanol–water partition coefficient (Wildman–Crippen LogP) is 1.68. The fraction of sp³-hybridized carbons (Fsp3) is 0.364. The predicted molar refractivity (Wildman–Crippen MR) is 63.8 cm³/mol. The lowest BCUT2D eigenvalue weighted by Crippen LogP contribution is -2.23. The zero-order valence-electron chi connectivity index (χ0n) is 9.30. The third kappa shape index (κ3) is 3.72. The monoisotopic (exact) mass is 245 g/mol. The van der Waals surface area contributed by atoms with Crippen molar-refractivity contribution in [3.05, 3.63) is 29.8 Å². The second kappa shape index (κ2) is 7.09. The number of halogens is 1. The molecule has 0 radical (unpaired) electrons. The summed E-state index contributed by atoms with van der Waals surface area (Å²) < 4.78 is 9.82. The molecular weight excluding hydrogens is 230 g/mol. The second-order valence-electron chi connectivity index (χ2n) is 3.00. The first-order valence-corrected chi connectivity index (χ1v) is 4.75. The van der Waals surface area contributed by atoms with Gasteiger partial charge >= 0.3 is 5.97 Å².